The Bertz CT molecular complexity index is 413. The van der Waals surface area contributed by atoms with Crippen molar-refractivity contribution >= 4 is 0 Å². The molecule has 0 aliphatic heterocycles. The summed E-state index contributed by atoms with van der Waals surface area (Å²) in [5, 5.41) is 3.21. The van der Waals surface area contributed by atoms with E-state index in [0.29, 0.717) is 5.56 Å². The number of hydrogen-bond acceptors (Lipinski definition) is 1. The minimum absolute atomic E-state index is 0.133. The van der Waals surface area contributed by atoms with Gasteiger partial charge in [-0.3, -0.25) is 0 Å². The predicted molar refractivity (Wildman–Crippen MR) is 76.7 cm³/mol. The van der Waals surface area contributed by atoms with Gasteiger partial charge < -0.3 is 5.32 Å². The number of unbranched alkanes of at least 4 members (excludes halogenated alkanes) is 3. The van der Waals surface area contributed by atoms with Crippen LogP contribution in [0.4, 0.5) is 13.2 Å². The Morgan fingerprint density at radius 3 is 2.35 bits per heavy atom. The van der Waals surface area contributed by atoms with Gasteiger partial charge in [-0.05, 0) is 43.7 Å². The molecule has 0 saturated heterocycles. The van der Waals surface area contributed by atoms with Crippen LogP contribution in [0.5, 0.6) is 0 Å². The first-order chi connectivity index (χ1) is 9.40. The van der Waals surface area contributed by atoms with Crippen LogP contribution in [-0.2, 0) is 6.18 Å². The van der Waals surface area contributed by atoms with Gasteiger partial charge >= 0.3 is 6.18 Å². The molecule has 0 spiro atoms. The fraction of sp³-hybridized carbons (Fsp3) is 0.625. The van der Waals surface area contributed by atoms with Gasteiger partial charge in [0.25, 0.3) is 0 Å². The third kappa shape index (κ3) is 4.82. The Kier molecular flexibility index (Phi) is 6.53. The van der Waals surface area contributed by atoms with Crippen LogP contribution in [0.15, 0.2) is 18.2 Å². The molecule has 1 atom stereocenters. The molecule has 0 saturated carbocycles. The van der Waals surface area contributed by atoms with E-state index in [4.69, 9.17) is 0 Å². The molecule has 0 fully saturated rings. The van der Waals surface area contributed by atoms with Gasteiger partial charge in [0.05, 0.1) is 5.56 Å². The summed E-state index contributed by atoms with van der Waals surface area (Å²) in [4.78, 5) is 0. The SMILES string of the molecule is CCCCCCC(NC)c1ccc(C(F)(F)F)cc1C. The molecule has 1 unspecified atom stereocenters. The first-order valence-corrected chi connectivity index (χ1v) is 7.25. The van der Waals surface area contributed by atoms with Crippen LogP contribution in [0.2, 0.25) is 0 Å². The third-order valence-corrected chi connectivity index (χ3v) is 3.67. The zero-order valence-electron chi connectivity index (χ0n) is 12.5. The summed E-state index contributed by atoms with van der Waals surface area (Å²) in [5.74, 6) is 0. The van der Waals surface area contributed by atoms with Crippen molar-refractivity contribution in [3.8, 4) is 0 Å². The molecule has 20 heavy (non-hydrogen) atoms. The highest BCUT2D eigenvalue weighted by molar-refractivity contribution is 5.34. The molecule has 1 aromatic rings. The summed E-state index contributed by atoms with van der Waals surface area (Å²) >= 11 is 0. The normalized spacial score (nSPS) is 13.5. The Morgan fingerprint density at radius 2 is 1.85 bits per heavy atom. The Labute approximate surface area is 119 Å². The Balaban J connectivity index is 2.78. The number of halogens is 3. The van der Waals surface area contributed by atoms with Crippen LogP contribution in [0.1, 0.15) is 61.8 Å². The van der Waals surface area contributed by atoms with Gasteiger partial charge in [0.1, 0.15) is 0 Å². The maximum absolute atomic E-state index is 12.7. The van der Waals surface area contributed by atoms with Crippen molar-refractivity contribution in [2.75, 3.05) is 7.05 Å². The zero-order valence-corrected chi connectivity index (χ0v) is 12.5. The van der Waals surface area contributed by atoms with Crippen molar-refractivity contribution in [3.05, 3.63) is 34.9 Å². The van der Waals surface area contributed by atoms with E-state index < -0.39 is 11.7 Å². The second-order valence-corrected chi connectivity index (χ2v) is 5.26. The molecule has 0 aliphatic carbocycles. The predicted octanol–water partition coefficient (Wildman–Crippen LogP) is 5.24. The quantitative estimate of drug-likeness (QED) is 0.676. The lowest BCUT2D eigenvalue weighted by atomic mass is 9.95. The van der Waals surface area contributed by atoms with Crippen molar-refractivity contribution in [1.82, 2.24) is 5.32 Å². The lowest BCUT2D eigenvalue weighted by molar-refractivity contribution is -0.137. The van der Waals surface area contributed by atoms with Crippen molar-refractivity contribution in [3.63, 3.8) is 0 Å². The molecule has 4 heteroatoms. The van der Waals surface area contributed by atoms with Gasteiger partial charge in [0.15, 0.2) is 0 Å². The molecule has 0 aromatic heterocycles. The summed E-state index contributed by atoms with van der Waals surface area (Å²) in [6, 6.07) is 4.16. The average Bonchev–Trinajstić information content (AvgIpc) is 2.38. The van der Waals surface area contributed by atoms with Crippen molar-refractivity contribution in [2.45, 2.75) is 58.2 Å². The molecular formula is C16H24F3N. The van der Waals surface area contributed by atoms with Crippen LogP contribution in [0.25, 0.3) is 0 Å². The van der Waals surface area contributed by atoms with Gasteiger partial charge in [0, 0.05) is 6.04 Å². The van der Waals surface area contributed by atoms with Gasteiger partial charge in [-0.25, -0.2) is 0 Å². The van der Waals surface area contributed by atoms with Gasteiger partial charge in [-0.15, -0.1) is 0 Å². The summed E-state index contributed by atoms with van der Waals surface area (Å²) in [6.45, 7) is 3.91. The molecule has 0 radical (unpaired) electrons. The number of rotatable bonds is 7. The summed E-state index contributed by atoms with van der Waals surface area (Å²) in [5.41, 5.74) is 1.10. The van der Waals surface area contributed by atoms with Crippen molar-refractivity contribution in [1.29, 1.82) is 0 Å². The molecule has 1 N–H and O–H groups in total. The smallest absolute Gasteiger partial charge is 0.313 e. The molecular weight excluding hydrogens is 263 g/mol. The molecule has 0 amide bonds. The first-order valence-electron chi connectivity index (χ1n) is 7.25. The van der Waals surface area contributed by atoms with Crippen LogP contribution >= 0.6 is 0 Å². The van der Waals surface area contributed by atoms with E-state index in [1.54, 1.807) is 13.0 Å². The van der Waals surface area contributed by atoms with Crippen LogP contribution in [0, 0.1) is 6.92 Å². The van der Waals surface area contributed by atoms with Crippen LogP contribution < -0.4 is 5.32 Å². The second-order valence-electron chi connectivity index (χ2n) is 5.26. The highest BCUT2D eigenvalue weighted by atomic mass is 19.4. The van der Waals surface area contributed by atoms with Crippen LogP contribution in [-0.4, -0.2) is 7.05 Å². The monoisotopic (exact) mass is 287 g/mol. The van der Waals surface area contributed by atoms with Gasteiger partial charge in [-0.1, -0.05) is 38.7 Å². The lowest BCUT2D eigenvalue weighted by Gasteiger charge is -2.20. The Morgan fingerprint density at radius 1 is 1.15 bits per heavy atom. The molecule has 0 bridgehead atoms. The summed E-state index contributed by atoms with van der Waals surface area (Å²) < 4.78 is 38.0. The van der Waals surface area contributed by atoms with E-state index in [-0.39, 0.29) is 6.04 Å². The van der Waals surface area contributed by atoms with Gasteiger partial charge in [0.2, 0.25) is 0 Å². The topological polar surface area (TPSA) is 12.0 Å². The maximum Gasteiger partial charge on any atom is 0.416 e. The summed E-state index contributed by atoms with van der Waals surface area (Å²) in [7, 11) is 1.86. The van der Waals surface area contributed by atoms with Crippen molar-refractivity contribution in [2.24, 2.45) is 0 Å². The molecule has 0 heterocycles. The average molecular weight is 287 g/mol. The minimum Gasteiger partial charge on any atom is -0.313 e. The number of benzene rings is 1. The lowest BCUT2D eigenvalue weighted by Crippen LogP contribution is -2.18. The number of aryl methyl sites for hydroxylation is 1. The number of hydrogen-bond donors (Lipinski definition) is 1. The fourth-order valence-corrected chi connectivity index (χ4v) is 2.47. The third-order valence-electron chi connectivity index (χ3n) is 3.67. The highest BCUT2D eigenvalue weighted by Gasteiger charge is 2.30. The number of alkyl halides is 3. The molecule has 1 nitrogen and oxygen atoms in total. The zero-order chi connectivity index (χ0) is 15.2. The van der Waals surface area contributed by atoms with E-state index >= 15 is 0 Å². The van der Waals surface area contributed by atoms with E-state index in [9.17, 15) is 13.2 Å². The molecule has 114 valence electrons. The first kappa shape index (κ1) is 17.0. The maximum atomic E-state index is 12.7. The molecule has 1 aromatic carbocycles. The Hall–Kier alpha value is -1.03. The van der Waals surface area contributed by atoms with E-state index in [1.807, 2.05) is 7.05 Å². The largest absolute Gasteiger partial charge is 0.416 e. The number of nitrogens with one attached hydrogen (secondary N) is 1. The van der Waals surface area contributed by atoms with Gasteiger partial charge in [-0.2, -0.15) is 13.2 Å². The highest BCUT2D eigenvalue weighted by Crippen LogP contribution is 2.32. The molecule has 1 rings (SSSR count). The van der Waals surface area contributed by atoms with E-state index in [1.165, 1.54) is 31.4 Å². The minimum atomic E-state index is -4.26. The van der Waals surface area contributed by atoms with Crippen LogP contribution in [0.3, 0.4) is 0 Å². The standard InChI is InChI=1S/C16H24F3N/c1-4-5-6-7-8-15(20-3)14-10-9-13(11-12(14)2)16(17,18)19/h9-11,15,20H,4-8H2,1-3H3. The van der Waals surface area contributed by atoms with E-state index in [0.717, 1.165) is 18.4 Å². The molecule has 0 aliphatic rings. The fourth-order valence-electron chi connectivity index (χ4n) is 2.47. The van der Waals surface area contributed by atoms with Crippen molar-refractivity contribution < 1.29 is 13.2 Å². The summed E-state index contributed by atoms with van der Waals surface area (Å²) in [6.07, 6.45) is 1.36. The second kappa shape index (κ2) is 7.67. The van der Waals surface area contributed by atoms with E-state index in [2.05, 4.69) is 12.2 Å².